The summed E-state index contributed by atoms with van der Waals surface area (Å²) in [5.74, 6) is 1.64. The van der Waals surface area contributed by atoms with Crippen molar-refractivity contribution in [3.8, 4) is 0 Å². The highest BCUT2D eigenvalue weighted by atomic mass is 14.3. The lowest BCUT2D eigenvalue weighted by molar-refractivity contribution is 0.334. The molecule has 2 aliphatic carbocycles. The van der Waals surface area contributed by atoms with Gasteiger partial charge in [-0.2, -0.15) is 0 Å². The van der Waals surface area contributed by atoms with E-state index in [0.29, 0.717) is 0 Å². The van der Waals surface area contributed by atoms with Crippen molar-refractivity contribution in [2.24, 2.45) is 5.92 Å². The van der Waals surface area contributed by atoms with Crippen LogP contribution in [0.4, 0.5) is 0 Å². The Kier molecular flexibility index (Phi) is 2.36. The number of hydrogen-bond donors (Lipinski definition) is 0. The van der Waals surface area contributed by atoms with Gasteiger partial charge in [-0.3, -0.25) is 0 Å². The zero-order valence-electron chi connectivity index (χ0n) is 9.15. The Labute approximate surface area is 92.0 Å². The second kappa shape index (κ2) is 3.84. The van der Waals surface area contributed by atoms with Crippen LogP contribution in [0.1, 0.15) is 49.1 Å². The molecule has 0 N–H and O–H groups in total. The van der Waals surface area contributed by atoms with Gasteiger partial charge < -0.3 is 0 Å². The first kappa shape index (κ1) is 9.21. The van der Waals surface area contributed by atoms with Crippen molar-refractivity contribution in [1.29, 1.82) is 0 Å². The maximum absolute atomic E-state index is 2.43. The monoisotopic (exact) mass is 198 g/mol. The lowest BCUT2D eigenvalue weighted by Gasteiger charge is -2.27. The van der Waals surface area contributed by atoms with Gasteiger partial charge in [-0.05, 0) is 29.9 Å². The highest BCUT2D eigenvalue weighted by molar-refractivity contribution is 5.62. The molecule has 0 spiro atoms. The first-order chi connectivity index (χ1) is 7.45. The van der Waals surface area contributed by atoms with E-state index in [2.05, 4.69) is 36.4 Å². The molecule has 3 rings (SSSR count). The largest absolute Gasteiger partial charge is 0.0761 e. The molecule has 78 valence electrons. The molecule has 0 aliphatic heterocycles. The third kappa shape index (κ3) is 1.62. The average Bonchev–Trinajstić information content (AvgIpc) is 2.74. The van der Waals surface area contributed by atoms with E-state index in [4.69, 9.17) is 0 Å². The van der Waals surface area contributed by atoms with Gasteiger partial charge in [0.15, 0.2) is 0 Å². The molecule has 1 fully saturated rings. The quantitative estimate of drug-likeness (QED) is 0.628. The van der Waals surface area contributed by atoms with Crippen molar-refractivity contribution < 1.29 is 0 Å². The first-order valence-electron chi connectivity index (χ1n) is 6.22. The molecule has 1 aromatic rings. The molecule has 1 atom stereocenters. The van der Waals surface area contributed by atoms with E-state index >= 15 is 0 Å². The normalized spacial score (nSPS) is 25.5. The molecule has 15 heavy (non-hydrogen) atoms. The minimum atomic E-state index is 0.724. The topological polar surface area (TPSA) is 0 Å². The lowest BCUT2D eigenvalue weighted by atomic mass is 9.78. The Bertz CT molecular complexity index is 369. The van der Waals surface area contributed by atoms with Gasteiger partial charge >= 0.3 is 0 Å². The summed E-state index contributed by atoms with van der Waals surface area (Å²) in [6.07, 6.45) is 11.9. The van der Waals surface area contributed by atoms with Gasteiger partial charge in [0, 0.05) is 5.92 Å². The van der Waals surface area contributed by atoms with Gasteiger partial charge in [0.2, 0.25) is 0 Å². The molecule has 0 amide bonds. The minimum Gasteiger partial charge on any atom is -0.0761 e. The summed E-state index contributed by atoms with van der Waals surface area (Å²) in [5.41, 5.74) is 3.03. The van der Waals surface area contributed by atoms with Crippen molar-refractivity contribution in [3.63, 3.8) is 0 Å². The Morgan fingerprint density at radius 3 is 2.60 bits per heavy atom. The van der Waals surface area contributed by atoms with Crippen LogP contribution in [-0.4, -0.2) is 0 Å². The maximum atomic E-state index is 2.43. The Balaban J connectivity index is 1.86. The van der Waals surface area contributed by atoms with E-state index < -0.39 is 0 Å². The summed E-state index contributed by atoms with van der Waals surface area (Å²) >= 11 is 0. The summed E-state index contributed by atoms with van der Waals surface area (Å²) in [4.78, 5) is 0. The molecular weight excluding hydrogens is 180 g/mol. The van der Waals surface area contributed by atoms with Crippen LogP contribution >= 0.6 is 0 Å². The summed E-state index contributed by atoms with van der Waals surface area (Å²) in [5, 5.41) is 0. The van der Waals surface area contributed by atoms with Crippen LogP contribution in [0.15, 0.2) is 30.3 Å². The van der Waals surface area contributed by atoms with E-state index in [1.807, 2.05) is 0 Å². The Hall–Kier alpha value is -1.04. The highest BCUT2D eigenvalue weighted by Crippen LogP contribution is 2.41. The van der Waals surface area contributed by atoms with Crippen LogP contribution in [0.5, 0.6) is 0 Å². The molecule has 0 radical (unpaired) electrons. The molecular formula is C15H18. The maximum Gasteiger partial charge on any atom is 0.00555 e. The SMILES string of the molecule is C1=CC(C2CCCCC2)c2ccccc21. The number of rotatable bonds is 1. The van der Waals surface area contributed by atoms with Crippen LogP contribution in [0.25, 0.3) is 6.08 Å². The van der Waals surface area contributed by atoms with Gasteiger partial charge in [0.1, 0.15) is 0 Å². The fourth-order valence-electron chi connectivity index (χ4n) is 3.18. The predicted octanol–water partition coefficient (Wildman–Crippen LogP) is 4.38. The zero-order valence-corrected chi connectivity index (χ0v) is 9.15. The second-order valence-electron chi connectivity index (χ2n) is 4.91. The summed E-state index contributed by atoms with van der Waals surface area (Å²) in [6.45, 7) is 0. The van der Waals surface area contributed by atoms with Gasteiger partial charge in [0.25, 0.3) is 0 Å². The van der Waals surface area contributed by atoms with E-state index in [9.17, 15) is 0 Å². The van der Waals surface area contributed by atoms with E-state index in [0.717, 1.165) is 11.8 Å². The Morgan fingerprint density at radius 1 is 0.933 bits per heavy atom. The molecule has 0 bridgehead atoms. The molecule has 1 unspecified atom stereocenters. The molecule has 2 aliphatic rings. The van der Waals surface area contributed by atoms with E-state index in [1.165, 1.54) is 37.7 Å². The molecule has 0 heteroatoms. The summed E-state index contributed by atoms with van der Waals surface area (Å²) in [7, 11) is 0. The van der Waals surface area contributed by atoms with Crippen LogP contribution in [0.3, 0.4) is 0 Å². The standard InChI is InChI=1S/C15H18/c1-2-6-12(7-3-1)15-11-10-13-8-4-5-9-14(13)15/h4-5,8-12,15H,1-3,6-7H2. The molecule has 0 aromatic heterocycles. The van der Waals surface area contributed by atoms with Gasteiger partial charge in [-0.15, -0.1) is 0 Å². The van der Waals surface area contributed by atoms with E-state index in [-0.39, 0.29) is 0 Å². The van der Waals surface area contributed by atoms with Gasteiger partial charge in [0.05, 0.1) is 0 Å². The molecule has 0 heterocycles. The molecule has 1 aromatic carbocycles. The number of hydrogen-bond acceptors (Lipinski definition) is 0. The zero-order chi connectivity index (χ0) is 10.1. The fourth-order valence-corrected chi connectivity index (χ4v) is 3.18. The first-order valence-corrected chi connectivity index (χ1v) is 6.22. The predicted molar refractivity (Wildman–Crippen MR) is 64.8 cm³/mol. The van der Waals surface area contributed by atoms with Crippen molar-refractivity contribution in [3.05, 3.63) is 41.5 Å². The van der Waals surface area contributed by atoms with Crippen LogP contribution < -0.4 is 0 Å². The highest BCUT2D eigenvalue weighted by Gasteiger charge is 2.26. The number of benzene rings is 1. The van der Waals surface area contributed by atoms with Crippen LogP contribution in [0, 0.1) is 5.92 Å². The van der Waals surface area contributed by atoms with Gasteiger partial charge in [-0.1, -0.05) is 55.7 Å². The summed E-state index contributed by atoms with van der Waals surface area (Å²) < 4.78 is 0. The molecule has 0 saturated heterocycles. The molecule has 0 nitrogen and oxygen atoms in total. The second-order valence-corrected chi connectivity index (χ2v) is 4.91. The Morgan fingerprint density at radius 2 is 1.73 bits per heavy atom. The van der Waals surface area contributed by atoms with Crippen LogP contribution in [-0.2, 0) is 0 Å². The van der Waals surface area contributed by atoms with Crippen molar-refractivity contribution in [1.82, 2.24) is 0 Å². The van der Waals surface area contributed by atoms with E-state index in [1.54, 1.807) is 5.56 Å². The third-order valence-corrected chi connectivity index (χ3v) is 4.00. The van der Waals surface area contributed by atoms with Gasteiger partial charge in [-0.25, -0.2) is 0 Å². The lowest BCUT2D eigenvalue weighted by Crippen LogP contribution is -2.13. The number of allylic oxidation sites excluding steroid dienone is 1. The minimum absolute atomic E-state index is 0.724. The third-order valence-electron chi connectivity index (χ3n) is 4.00. The fraction of sp³-hybridized carbons (Fsp3) is 0.467. The van der Waals surface area contributed by atoms with Crippen LogP contribution in [0.2, 0.25) is 0 Å². The van der Waals surface area contributed by atoms with Crippen molar-refractivity contribution >= 4 is 6.08 Å². The van der Waals surface area contributed by atoms with Crippen molar-refractivity contribution in [2.75, 3.05) is 0 Å². The number of fused-ring (bicyclic) bond motifs is 1. The smallest absolute Gasteiger partial charge is 0.00555 e. The molecule has 1 saturated carbocycles. The van der Waals surface area contributed by atoms with Crippen molar-refractivity contribution in [2.45, 2.75) is 38.0 Å². The summed E-state index contributed by atoms with van der Waals surface area (Å²) in [6, 6.07) is 8.89. The average molecular weight is 198 g/mol.